The van der Waals surface area contributed by atoms with Crippen LogP contribution in [0, 0.1) is 6.92 Å². The Kier molecular flexibility index (Phi) is 6.19. The summed E-state index contributed by atoms with van der Waals surface area (Å²) in [7, 11) is 0. The van der Waals surface area contributed by atoms with E-state index in [0.717, 1.165) is 42.4 Å². The van der Waals surface area contributed by atoms with Crippen molar-refractivity contribution < 1.29 is 13.9 Å². The van der Waals surface area contributed by atoms with Gasteiger partial charge in [-0.15, -0.1) is 0 Å². The van der Waals surface area contributed by atoms with E-state index in [2.05, 4.69) is 35.4 Å². The molecular weight excluding hydrogens is 342 g/mol. The number of nitrogens with zero attached hydrogens (tertiary/aromatic N) is 1. The van der Waals surface area contributed by atoms with Crippen LogP contribution in [0.4, 0.5) is 10.5 Å². The summed E-state index contributed by atoms with van der Waals surface area (Å²) in [4.78, 5) is 14.8. The average Bonchev–Trinajstić information content (AvgIpc) is 3.02. The number of benzene rings is 1. The molecule has 6 heteroatoms. The third-order valence-electron chi connectivity index (χ3n) is 4.69. The van der Waals surface area contributed by atoms with E-state index in [1.54, 1.807) is 0 Å². The van der Waals surface area contributed by atoms with E-state index in [-0.39, 0.29) is 24.3 Å². The Morgan fingerprint density at radius 3 is 2.56 bits per heavy atom. The van der Waals surface area contributed by atoms with Gasteiger partial charge in [-0.2, -0.15) is 0 Å². The average molecular weight is 371 g/mol. The molecule has 6 nitrogen and oxygen atoms in total. The number of amides is 2. The molecule has 2 N–H and O–H groups in total. The molecule has 1 aromatic heterocycles. The Morgan fingerprint density at radius 2 is 1.89 bits per heavy atom. The van der Waals surface area contributed by atoms with E-state index < -0.39 is 0 Å². The van der Waals surface area contributed by atoms with Gasteiger partial charge in [0.1, 0.15) is 11.5 Å². The molecule has 2 amide bonds. The normalized spacial score (nSPS) is 21.6. The number of hydrogen-bond donors (Lipinski definition) is 2. The van der Waals surface area contributed by atoms with E-state index in [4.69, 9.17) is 9.15 Å². The lowest BCUT2D eigenvalue weighted by molar-refractivity contribution is -0.0704. The summed E-state index contributed by atoms with van der Waals surface area (Å²) in [6.45, 7) is 10.5. The van der Waals surface area contributed by atoms with Gasteiger partial charge in [-0.05, 0) is 51.5 Å². The van der Waals surface area contributed by atoms with Crippen molar-refractivity contribution in [2.45, 2.75) is 52.5 Å². The van der Waals surface area contributed by atoms with Gasteiger partial charge < -0.3 is 19.8 Å². The van der Waals surface area contributed by atoms with Gasteiger partial charge in [0.15, 0.2) is 0 Å². The molecule has 1 saturated heterocycles. The number of urea groups is 1. The maximum absolute atomic E-state index is 12.5. The third-order valence-corrected chi connectivity index (χ3v) is 4.69. The number of carbonyl (C=O) groups is 1. The third kappa shape index (κ3) is 5.34. The minimum atomic E-state index is -0.243. The SMILES string of the molecule is Cc1ccc(C(C)NC(=O)Nc2ccccc2CN2CC(C)OC(C)C2)o1. The summed E-state index contributed by atoms with van der Waals surface area (Å²) in [5, 5.41) is 5.91. The fourth-order valence-electron chi connectivity index (χ4n) is 3.55. The molecule has 0 radical (unpaired) electrons. The van der Waals surface area contributed by atoms with Crippen LogP contribution in [-0.2, 0) is 11.3 Å². The first kappa shape index (κ1) is 19.5. The first-order chi connectivity index (χ1) is 12.9. The number of para-hydroxylation sites is 1. The number of morpholine rings is 1. The Hall–Kier alpha value is -2.31. The second kappa shape index (κ2) is 8.59. The maximum atomic E-state index is 12.5. The van der Waals surface area contributed by atoms with Gasteiger partial charge in [0.05, 0.1) is 18.2 Å². The first-order valence-corrected chi connectivity index (χ1v) is 9.50. The minimum absolute atomic E-state index is 0.202. The van der Waals surface area contributed by atoms with Crippen molar-refractivity contribution in [1.82, 2.24) is 10.2 Å². The summed E-state index contributed by atoms with van der Waals surface area (Å²) < 4.78 is 11.4. The molecule has 0 saturated carbocycles. The molecule has 0 spiro atoms. The molecule has 27 heavy (non-hydrogen) atoms. The fourth-order valence-corrected chi connectivity index (χ4v) is 3.55. The summed E-state index contributed by atoms with van der Waals surface area (Å²) in [5.74, 6) is 1.57. The van der Waals surface area contributed by atoms with E-state index in [0.29, 0.717) is 0 Å². The predicted molar refractivity (Wildman–Crippen MR) is 106 cm³/mol. The standard InChI is InChI=1S/C21H29N3O3/c1-14-9-10-20(27-14)17(4)22-21(25)23-19-8-6-5-7-18(19)13-24-11-15(2)26-16(3)12-24/h5-10,15-17H,11-13H2,1-4H3,(H2,22,23,25). The quantitative estimate of drug-likeness (QED) is 0.831. The lowest BCUT2D eigenvalue weighted by Gasteiger charge is -2.35. The number of aryl methyl sites for hydroxylation is 1. The molecule has 0 aliphatic carbocycles. The van der Waals surface area contributed by atoms with Crippen molar-refractivity contribution in [2.24, 2.45) is 0 Å². The van der Waals surface area contributed by atoms with Crippen LogP contribution < -0.4 is 10.6 Å². The molecule has 3 atom stereocenters. The number of furan rings is 1. The minimum Gasteiger partial charge on any atom is -0.464 e. The number of rotatable bonds is 5. The first-order valence-electron chi connectivity index (χ1n) is 9.50. The van der Waals surface area contributed by atoms with Crippen molar-refractivity contribution in [3.63, 3.8) is 0 Å². The highest BCUT2D eigenvalue weighted by Crippen LogP contribution is 2.21. The van der Waals surface area contributed by atoms with Crippen LogP contribution in [0.3, 0.4) is 0 Å². The molecule has 0 bridgehead atoms. The van der Waals surface area contributed by atoms with Crippen molar-refractivity contribution >= 4 is 11.7 Å². The lowest BCUT2D eigenvalue weighted by Crippen LogP contribution is -2.45. The number of anilines is 1. The fraction of sp³-hybridized carbons (Fsp3) is 0.476. The Bertz CT molecular complexity index is 764. The second-order valence-electron chi connectivity index (χ2n) is 7.38. The smallest absolute Gasteiger partial charge is 0.319 e. The van der Waals surface area contributed by atoms with Gasteiger partial charge in [-0.3, -0.25) is 4.90 Å². The van der Waals surface area contributed by atoms with Gasteiger partial charge in [0.2, 0.25) is 0 Å². The predicted octanol–water partition coefficient (Wildman–Crippen LogP) is 4.08. The molecule has 1 aliphatic heterocycles. The van der Waals surface area contributed by atoms with Gasteiger partial charge in [-0.25, -0.2) is 4.79 Å². The van der Waals surface area contributed by atoms with Crippen LogP contribution in [0.1, 0.15) is 43.9 Å². The molecular formula is C21H29N3O3. The van der Waals surface area contributed by atoms with Gasteiger partial charge in [-0.1, -0.05) is 18.2 Å². The zero-order valence-corrected chi connectivity index (χ0v) is 16.5. The zero-order valence-electron chi connectivity index (χ0n) is 16.5. The largest absolute Gasteiger partial charge is 0.464 e. The topological polar surface area (TPSA) is 66.7 Å². The highest BCUT2D eigenvalue weighted by atomic mass is 16.5. The highest BCUT2D eigenvalue weighted by molar-refractivity contribution is 5.90. The number of nitrogens with one attached hydrogen (secondary N) is 2. The summed E-state index contributed by atoms with van der Waals surface area (Å²) in [6.07, 6.45) is 0.435. The molecule has 1 aliphatic rings. The van der Waals surface area contributed by atoms with Crippen molar-refractivity contribution in [1.29, 1.82) is 0 Å². The summed E-state index contributed by atoms with van der Waals surface area (Å²) >= 11 is 0. The van der Waals surface area contributed by atoms with Crippen LogP contribution >= 0.6 is 0 Å². The van der Waals surface area contributed by atoms with Crippen LogP contribution in [0.5, 0.6) is 0 Å². The van der Waals surface area contributed by atoms with E-state index in [1.807, 2.05) is 44.2 Å². The van der Waals surface area contributed by atoms with Crippen LogP contribution in [0.2, 0.25) is 0 Å². The van der Waals surface area contributed by atoms with Crippen LogP contribution in [-0.4, -0.2) is 36.2 Å². The molecule has 3 rings (SSSR count). The number of carbonyl (C=O) groups excluding carboxylic acids is 1. The van der Waals surface area contributed by atoms with E-state index >= 15 is 0 Å². The molecule has 3 unspecified atom stereocenters. The maximum Gasteiger partial charge on any atom is 0.319 e. The highest BCUT2D eigenvalue weighted by Gasteiger charge is 2.23. The molecule has 2 aromatic rings. The Morgan fingerprint density at radius 1 is 1.19 bits per heavy atom. The molecule has 1 aromatic carbocycles. The lowest BCUT2D eigenvalue weighted by atomic mass is 10.1. The Labute approximate surface area is 160 Å². The number of hydrogen-bond acceptors (Lipinski definition) is 4. The van der Waals surface area contributed by atoms with Crippen LogP contribution in [0.15, 0.2) is 40.8 Å². The van der Waals surface area contributed by atoms with E-state index in [1.165, 1.54) is 0 Å². The second-order valence-corrected chi connectivity index (χ2v) is 7.38. The molecule has 1 fully saturated rings. The zero-order chi connectivity index (χ0) is 19.4. The van der Waals surface area contributed by atoms with Crippen molar-refractivity contribution in [3.05, 3.63) is 53.5 Å². The molecule has 146 valence electrons. The monoisotopic (exact) mass is 371 g/mol. The van der Waals surface area contributed by atoms with Crippen molar-refractivity contribution in [3.8, 4) is 0 Å². The van der Waals surface area contributed by atoms with Gasteiger partial charge >= 0.3 is 6.03 Å². The summed E-state index contributed by atoms with van der Waals surface area (Å²) in [5.41, 5.74) is 1.92. The van der Waals surface area contributed by atoms with Crippen LogP contribution in [0.25, 0.3) is 0 Å². The Balaban J connectivity index is 1.62. The van der Waals surface area contributed by atoms with Crippen molar-refractivity contribution in [2.75, 3.05) is 18.4 Å². The van der Waals surface area contributed by atoms with Gasteiger partial charge in [0, 0.05) is 25.3 Å². The number of ether oxygens (including phenoxy) is 1. The van der Waals surface area contributed by atoms with Gasteiger partial charge in [0.25, 0.3) is 0 Å². The van der Waals surface area contributed by atoms with E-state index in [9.17, 15) is 4.79 Å². The summed E-state index contributed by atoms with van der Waals surface area (Å²) in [6, 6.07) is 11.3. The molecule has 2 heterocycles.